The van der Waals surface area contributed by atoms with Gasteiger partial charge < -0.3 is 10.2 Å². The molecule has 0 atom stereocenters. The Morgan fingerprint density at radius 2 is 2.04 bits per heavy atom. The van der Waals surface area contributed by atoms with Gasteiger partial charge in [-0.1, -0.05) is 32.0 Å². The third-order valence-electron chi connectivity index (χ3n) is 4.57. The van der Waals surface area contributed by atoms with Crippen LogP contribution in [0.5, 0.6) is 0 Å². The Hall–Kier alpha value is -1.68. The number of guanidine groups is 1. The van der Waals surface area contributed by atoms with Gasteiger partial charge in [-0.25, -0.2) is 4.98 Å². The maximum Gasteiger partial charge on any atom is 0.194 e. The van der Waals surface area contributed by atoms with Gasteiger partial charge in [0.1, 0.15) is 6.33 Å². The van der Waals surface area contributed by atoms with Gasteiger partial charge in [0, 0.05) is 51.9 Å². The Labute approximate surface area is 178 Å². The number of hydrogen-bond acceptors (Lipinski definition) is 4. The molecular weight excluding hydrogens is 453 g/mol. The molecule has 2 heterocycles. The summed E-state index contributed by atoms with van der Waals surface area (Å²) in [5.74, 6) is 2.48. The largest absolute Gasteiger partial charge is 0.352 e. The number of benzene rings is 1. The third-order valence-corrected chi connectivity index (χ3v) is 4.57. The summed E-state index contributed by atoms with van der Waals surface area (Å²) in [5.41, 5.74) is 2.23. The number of nitrogens with one attached hydrogen (secondary N) is 2. The number of rotatable bonds is 5. The van der Waals surface area contributed by atoms with E-state index in [-0.39, 0.29) is 24.0 Å². The summed E-state index contributed by atoms with van der Waals surface area (Å²) in [6.07, 6.45) is 1.53. The lowest BCUT2D eigenvalue weighted by molar-refractivity contribution is 0.164. The SMILES string of the molecule is CN=C(NCc1cccc(-c2ncn[nH]2)c1)N1CCN(CC(C)C)CC1.I. The van der Waals surface area contributed by atoms with Crippen LogP contribution in [0.2, 0.25) is 0 Å². The maximum atomic E-state index is 4.47. The van der Waals surface area contributed by atoms with Crippen molar-refractivity contribution in [1.29, 1.82) is 0 Å². The maximum absolute atomic E-state index is 4.47. The Morgan fingerprint density at radius 1 is 1.26 bits per heavy atom. The van der Waals surface area contributed by atoms with E-state index in [1.165, 1.54) is 18.4 Å². The first-order valence-electron chi connectivity index (χ1n) is 9.28. The Kier molecular flexibility index (Phi) is 8.49. The van der Waals surface area contributed by atoms with Crippen LogP contribution in [0.25, 0.3) is 11.4 Å². The minimum Gasteiger partial charge on any atom is -0.352 e. The number of piperazine rings is 1. The predicted octanol–water partition coefficient (Wildman–Crippen LogP) is 2.44. The highest BCUT2D eigenvalue weighted by molar-refractivity contribution is 14.0. The first-order chi connectivity index (χ1) is 12.7. The van der Waals surface area contributed by atoms with Crippen LogP contribution in [0.4, 0.5) is 0 Å². The second kappa shape index (κ2) is 10.6. The fraction of sp³-hybridized carbons (Fsp3) is 0.526. The van der Waals surface area contributed by atoms with Crippen LogP contribution in [0.15, 0.2) is 35.6 Å². The van der Waals surface area contributed by atoms with E-state index in [1.54, 1.807) is 0 Å². The standard InChI is InChI=1S/C19H29N7.HI/c1-15(2)13-25-7-9-26(10-8-25)19(20-3)21-12-16-5-4-6-17(11-16)18-22-14-23-24-18;/h4-6,11,14-15H,7-10,12-13H2,1-3H3,(H,20,21)(H,22,23,24);1H. The quantitative estimate of drug-likeness (QED) is 0.389. The molecule has 27 heavy (non-hydrogen) atoms. The van der Waals surface area contributed by atoms with E-state index in [2.05, 4.69) is 61.3 Å². The molecule has 0 radical (unpaired) electrons. The van der Waals surface area contributed by atoms with Crippen LogP contribution in [0.1, 0.15) is 19.4 Å². The first-order valence-corrected chi connectivity index (χ1v) is 9.28. The van der Waals surface area contributed by atoms with Crippen molar-refractivity contribution in [3.63, 3.8) is 0 Å². The van der Waals surface area contributed by atoms with Crippen LogP contribution < -0.4 is 5.32 Å². The molecule has 3 rings (SSSR count). The Morgan fingerprint density at radius 3 is 2.67 bits per heavy atom. The van der Waals surface area contributed by atoms with E-state index < -0.39 is 0 Å². The van der Waals surface area contributed by atoms with Crippen molar-refractivity contribution in [3.05, 3.63) is 36.2 Å². The van der Waals surface area contributed by atoms with Crippen molar-refractivity contribution in [2.45, 2.75) is 20.4 Å². The highest BCUT2D eigenvalue weighted by Crippen LogP contribution is 2.15. The summed E-state index contributed by atoms with van der Waals surface area (Å²) in [5, 5.41) is 10.3. The number of aromatic amines is 1. The molecule has 1 aliphatic rings. The zero-order valence-corrected chi connectivity index (χ0v) is 18.7. The number of aliphatic imine (C=N–C) groups is 1. The number of halogens is 1. The molecule has 2 N–H and O–H groups in total. The smallest absolute Gasteiger partial charge is 0.194 e. The van der Waals surface area contributed by atoms with Crippen LogP contribution in [0, 0.1) is 5.92 Å². The second-order valence-electron chi connectivity index (χ2n) is 7.12. The molecule has 0 bridgehead atoms. The average molecular weight is 483 g/mol. The minimum atomic E-state index is 0. The number of aromatic nitrogens is 3. The molecule has 0 amide bonds. The van der Waals surface area contributed by atoms with Gasteiger partial charge >= 0.3 is 0 Å². The van der Waals surface area contributed by atoms with Gasteiger partial charge in [-0.3, -0.25) is 15.0 Å². The summed E-state index contributed by atoms with van der Waals surface area (Å²) >= 11 is 0. The zero-order chi connectivity index (χ0) is 18.4. The van der Waals surface area contributed by atoms with Gasteiger partial charge in [-0.05, 0) is 17.5 Å². The number of H-pyrrole nitrogens is 1. The molecule has 0 spiro atoms. The molecule has 0 unspecified atom stereocenters. The van der Waals surface area contributed by atoms with E-state index in [4.69, 9.17) is 0 Å². The molecule has 1 aromatic heterocycles. The normalized spacial score (nSPS) is 15.7. The average Bonchev–Trinajstić information content (AvgIpc) is 3.18. The lowest BCUT2D eigenvalue weighted by Crippen LogP contribution is -2.52. The number of nitrogens with zero attached hydrogens (tertiary/aromatic N) is 5. The van der Waals surface area contributed by atoms with Crippen LogP contribution in [-0.2, 0) is 6.54 Å². The van der Waals surface area contributed by atoms with Crippen LogP contribution >= 0.6 is 24.0 Å². The monoisotopic (exact) mass is 483 g/mol. The summed E-state index contributed by atoms with van der Waals surface area (Å²) < 4.78 is 0. The highest BCUT2D eigenvalue weighted by Gasteiger charge is 2.19. The molecule has 148 valence electrons. The molecule has 2 aromatic rings. The van der Waals surface area contributed by atoms with Gasteiger partial charge in [-0.15, -0.1) is 24.0 Å². The molecule has 0 saturated carbocycles. The fourth-order valence-electron chi connectivity index (χ4n) is 3.35. The van der Waals surface area contributed by atoms with Gasteiger partial charge in [-0.2, -0.15) is 5.10 Å². The number of hydrogen-bond donors (Lipinski definition) is 2. The third kappa shape index (κ3) is 6.17. The molecule has 8 heteroatoms. The van der Waals surface area contributed by atoms with E-state index in [0.717, 1.165) is 56.0 Å². The Bertz CT molecular complexity index is 707. The zero-order valence-electron chi connectivity index (χ0n) is 16.4. The lowest BCUT2D eigenvalue weighted by atomic mass is 10.1. The van der Waals surface area contributed by atoms with Gasteiger partial charge in [0.15, 0.2) is 11.8 Å². The van der Waals surface area contributed by atoms with Crippen molar-refractivity contribution in [2.75, 3.05) is 39.8 Å². The van der Waals surface area contributed by atoms with E-state index in [1.807, 2.05) is 19.2 Å². The first kappa shape index (κ1) is 21.6. The molecule has 0 aliphatic carbocycles. The second-order valence-corrected chi connectivity index (χ2v) is 7.12. The van der Waals surface area contributed by atoms with Crippen molar-refractivity contribution in [3.8, 4) is 11.4 Å². The van der Waals surface area contributed by atoms with E-state index in [9.17, 15) is 0 Å². The molecule has 1 saturated heterocycles. The molecule has 1 fully saturated rings. The molecule has 7 nitrogen and oxygen atoms in total. The Balaban J connectivity index is 0.00000261. The molecular formula is C19H30IN7. The minimum absolute atomic E-state index is 0. The van der Waals surface area contributed by atoms with Gasteiger partial charge in [0.2, 0.25) is 0 Å². The van der Waals surface area contributed by atoms with Crippen molar-refractivity contribution in [1.82, 2.24) is 30.3 Å². The fourth-order valence-corrected chi connectivity index (χ4v) is 3.35. The topological polar surface area (TPSA) is 72.4 Å². The van der Waals surface area contributed by atoms with E-state index >= 15 is 0 Å². The highest BCUT2D eigenvalue weighted by atomic mass is 127. The van der Waals surface area contributed by atoms with Gasteiger partial charge in [0.25, 0.3) is 0 Å². The van der Waals surface area contributed by atoms with Gasteiger partial charge in [0.05, 0.1) is 0 Å². The molecule has 1 aliphatic heterocycles. The lowest BCUT2D eigenvalue weighted by Gasteiger charge is -2.37. The van der Waals surface area contributed by atoms with Crippen molar-refractivity contribution >= 4 is 29.9 Å². The summed E-state index contributed by atoms with van der Waals surface area (Å²) in [6, 6.07) is 8.32. The van der Waals surface area contributed by atoms with Crippen LogP contribution in [0.3, 0.4) is 0 Å². The van der Waals surface area contributed by atoms with Crippen molar-refractivity contribution < 1.29 is 0 Å². The summed E-state index contributed by atoms with van der Waals surface area (Å²) in [7, 11) is 1.85. The van der Waals surface area contributed by atoms with Crippen molar-refractivity contribution in [2.24, 2.45) is 10.9 Å². The van der Waals surface area contributed by atoms with E-state index in [0.29, 0.717) is 0 Å². The predicted molar refractivity (Wildman–Crippen MR) is 120 cm³/mol. The van der Waals surface area contributed by atoms with Crippen LogP contribution in [-0.4, -0.2) is 70.7 Å². The summed E-state index contributed by atoms with van der Waals surface area (Å²) in [4.78, 5) is 13.6. The summed E-state index contributed by atoms with van der Waals surface area (Å²) in [6.45, 7) is 10.7. The molecule has 1 aromatic carbocycles.